The van der Waals surface area contributed by atoms with Crippen molar-refractivity contribution in [3.63, 3.8) is 0 Å². The molecular weight excluding hydrogens is 327 g/mol. The average molecular weight is 334 g/mol. The molecule has 0 unspecified atom stereocenters. The molecule has 0 aliphatic heterocycles. The maximum absolute atomic E-state index is 13.0. The first-order valence-electron chi connectivity index (χ1n) is 5.54. The van der Waals surface area contributed by atoms with Crippen LogP contribution in [-0.4, -0.2) is 15.7 Å². The van der Waals surface area contributed by atoms with E-state index in [2.05, 4.69) is 10.4 Å². The number of hydrogen-bond acceptors (Lipinski definition) is 3. The zero-order valence-electron chi connectivity index (χ0n) is 10.2. The molecule has 2 rings (SSSR count). The van der Waals surface area contributed by atoms with Crippen LogP contribution in [-0.2, 0) is 11.3 Å². The standard InChI is InChI=1S/C12H7Cl2F2N3O2/c13-9-4-17-19(12(21)11(9)14)5-10(20)18-8-2-6(15)1-7(16)3-8/h1-4H,5H2,(H,18,20). The molecule has 0 aliphatic carbocycles. The number of aromatic nitrogens is 2. The van der Waals surface area contributed by atoms with Crippen molar-refractivity contribution in [2.45, 2.75) is 6.54 Å². The van der Waals surface area contributed by atoms with Crippen molar-refractivity contribution < 1.29 is 13.6 Å². The van der Waals surface area contributed by atoms with Gasteiger partial charge in [0.15, 0.2) is 0 Å². The van der Waals surface area contributed by atoms with Gasteiger partial charge in [0, 0.05) is 11.8 Å². The lowest BCUT2D eigenvalue weighted by atomic mass is 10.3. The number of carbonyl (C=O) groups excluding carboxylic acids is 1. The summed E-state index contributed by atoms with van der Waals surface area (Å²) in [5.41, 5.74) is -0.824. The van der Waals surface area contributed by atoms with Crippen LogP contribution >= 0.6 is 23.2 Å². The van der Waals surface area contributed by atoms with Gasteiger partial charge in [0.2, 0.25) is 5.91 Å². The molecule has 0 saturated heterocycles. The van der Waals surface area contributed by atoms with E-state index in [9.17, 15) is 18.4 Å². The molecule has 0 radical (unpaired) electrons. The van der Waals surface area contributed by atoms with E-state index >= 15 is 0 Å². The Morgan fingerprint density at radius 3 is 2.48 bits per heavy atom. The molecule has 1 heterocycles. The van der Waals surface area contributed by atoms with E-state index in [0.717, 1.165) is 23.0 Å². The zero-order valence-corrected chi connectivity index (χ0v) is 11.8. The Morgan fingerprint density at radius 1 is 1.24 bits per heavy atom. The molecule has 0 atom stereocenters. The lowest BCUT2D eigenvalue weighted by Gasteiger charge is -2.07. The maximum atomic E-state index is 13.0. The third-order valence-corrected chi connectivity index (χ3v) is 3.13. The summed E-state index contributed by atoms with van der Waals surface area (Å²) in [4.78, 5) is 23.4. The van der Waals surface area contributed by atoms with Crippen LogP contribution < -0.4 is 10.9 Å². The van der Waals surface area contributed by atoms with Crippen molar-refractivity contribution in [2.24, 2.45) is 0 Å². The number of halogens is 4. The largest absolute Gasteiger partial charge is 0.324 e. The molecule has 0 bridgehead atoms. The van der Waals surface area contributed by atoms with Gasteiger partial charge in [0.25, 0.3) is 5.56 Å². The highest BCUT2D eigenvalue weighted by Gasteiger charge is 2.11. The molecule has 5 nitrogen and oxygen atoms in total. The van der Waals surface area contributed by atoms with Crippen molar-refractivity contribution in [1.29, 1.82) is 0 Å². The van der Waals surface area contributed by atoms with Crippen LogP contribution in [0.5, 0.6) is 0 Å². The van der Waals surface area contributed by atoms with Crippen LogP contribution in [0.25, 0.3) is 0 Å². The summed E-state index contributed by atoms with van der Waals surface area (Å²) >= 11 is 11.2. The van der Waals surface area contributed by atoms with Crippen molar-refractivity contribution in [2.75, 3.05) is 5.32 Å². The van der Waals surface area contributed by atoms with E-state index in [0.29, 0.717) is 6.07 Å². The van der Waals surface area contributed by atoms with Crippen LogP contribution in [0.3, 0.4) is 0 Å². The Hall–Kier alpha value is -1.99. The summed E-state index contributed by atoms with van der Waals surface area (Å²) in [7, 11) is 0. The van der Waals surface area contributed by atoms with Gasteiger partial charge in [-0.3, -0.25) is 9.59 Å². The van der Waals surface area contributed by atoms with E-state index in [4.69, 9.17) is 23.2 Å². The molecular formula is C12H7Cl2F2N3O2. The van der Waals surface area contributed by atoms with Gasteiger partial charge < -0.3 is 5.32 Å². The number of nitrogens with zero attached hydrogens (tertiary/aromatic N) is 2. The molecule has 0 aliphatic rings. The van der Waals surface area contributed by atoms with Gasteiger partial charge in [0.05, 0.1) is 11.2 Å². The second-order valence-electron chi connectivity index (χ2n) is 3.98. The highest BCUT2D eigenvalue weighted by molar-refractivity contribution is 6.41. The predicted octanol–water partition coefficient (Wildman–Crippen LogP) is 2.47. The van der Waals surface area contributed by atoms with Gasteiger partial charge in [-0.1, -0.05) is 23.2 Å². The average Bonchev–Trinajstić information content (AvgIpc) is 2.38. The lowest BCUT2D eigenvalue weighted by molar-refractivity contribution is -0.117. The molecule has 21 heavy (non-hydrogen) atoms. The zero-order chi connectivity index (χ0) is 15.6. The summed E-state index contributed by atoms with van der Waals surface area (Å²) in [6.45, 7) is -0.478. The van der Waals surface area contributed by atoms with Gasteiger partial charge in [-0.2, -0.15) is 5.10 Å². The highest BCUT2D eigenvalue weighted by atomic mass is 35.5. The second-order valence-corrected chi connectivity index (χ2v) is 4.76. The lowest BCUT2D eigenvalue weighted by Crippen LogP contribution is -2.29. The van der Waals surface area contributed by atoms with E-state index in [1.807, 2.05) is 0 Å². The van der Waals surface area contributed by atoms with Gasteiger partial charge in [-0.05, 0) is 12.1 Å². The minimum atomic E-state index is -0.838. The third kappa shape index (κ3) is 3.77. The van der Waals surface area contributed by atoms with Crippen molar-refractivity contribution >= 4 is 34.8 Å². The molecule has 0 spiro atoms. The topological polar surface area (TPSA) is 64.0 Å². The normalized spacial score (nSPS) is 10.5. The predicted molar refractivity (Wildman–Crippen MR) is 73.5 cm³/mol. The van der Waals surface area contributed by atoms with Gasteiger partial charge in [-0.15, -0.1) is 0 Å². The monoisotopic (exact) mass is 333 g/mol. The number of benzene rings is 1. The molecule has 9 heteroatoms. The SMILES string of the molecule is O=C(Cn1ncc(Cl)c(Cl)c1=O)Nc1cc(F)cc(F)c1. The Kier molecular flexibility index (Phi) is 4.54. The minimum absolute atomic E-state index is 0.0365. The van der Waals surface area contributed by atoms with Crippen LogP contribution in [0.2, 0.25) is 10.0 Å². The Labute approximate surface area is 127 Å². The number of anilines is 1. The number of hydrogen-bond donors (Lipinski definition) is 1. The summed E-state index contributed by atoms with van der Waals surface area (Å²) in [6, 6.07) is 2.54. The summed E-state index contributed by atoms with van der Waals surface area (Å²) < 4.78 is 26.7. The van der Waals surface area contributed by atoms with Crippen LogP contribution in [0.15, 0.2) is 29.2 Å². The van der Waals surface area contributed by atoms with E-state index in [1.165, 1.54) is 0 Å². The quantitative estimate of drug-likeness (QED) is 0.938. The third-order valence-electron chi connectivity index (χ3n) is 2.38. The van der Waals surface area contributed by atoms with Crippen molar-refractivity contribution in [3.8, 4) is 0 Å². The Bertz CT molecular complexity index is 744. The van der Waals surface area contributed by atoms with Gasteiger partial charge in [-0.25, -0.2) is 13.5 Å². The number of nitrogens with one attached hydrogen (secondary N) is 1. The van der Waals surface area contributed by atoms with Crippen LogP contribution in [0, 0.1) is 11.6 Å². The highest BCUT2D eigenvalue weighted by Crippen LogP contribution is 2.15. The fraction of sp³-hybridized carbons (Fsp3) is 0.0833. The molecule has 0 saturated carbocycles. The number of rotatable bonds is 3. The first-order chi connectivity index (χ1) is 9.86. The molecule has 1 aromatic carbocycles. The van der Waals surface area contributed by atoms with Crippen LogP contribution in [0.4, 0.5) is 14.5 Å². The number of carbonyl (C=O) groups is 1. The maximum Gasteiger partial charge on any atom is 0.287 e. The summed E-state index contributed by atoms with van der Waals surface area (Å²) in [5.74, 6) is -2.38. The van der Waals surface area contributed by atoms with Crippen LogP contribution in [0.1, 0.15) is 0 Å². The molecule has 110 valence electrons. The first-order valence-corrected chi connectivity index (χ1v) is 6.29. The first kappa shape index (κ1) is 15.4. The molecule has 1 amide bonds. The second kappa shape index (κ2) is 6.19. The van der Waals surface area contributed by atoms with Crippen molar-refractivity contribution in [3.05, 3.63) is 56.4 Å². The van der Waals surface area contributed by atoms with Crippen molar-refractivity contribution in [1.82, 2.24) is 9.78 Å². The molecule has 1 N–H and O–H groups in total. The smallest absolute Gasteiger partial charge is 0.287 e. The fourth-order valence-electron chi connectivity index (χ4n) is 1.52. The molecule has 2 aromatic rings. The van der Waals surface area contributed by atoms with E-state index in [-0.39, 0.29) is 15.7 Å². The summed E-state index contributed by atoms with van der Waals surface area (Å²) in [5, 5.41) is 5.57. The molecule has 1 aromatic heterocycles. The fourth-order valence-corrected chi connectivity index (χ4v) is 1.79. The number of amides is 1. The van der Waals surface area contributed by atoms with E-state index < -0.39 is 29.6 Å². The Morgan fingerprint density at radius 2 is 1.86 bits per heavy atom. The van der Waals surface area contributed by atoms with E-state index in [1.54, 1.807) is 0 Å². The minimum Gasteiger partial charge on any atom is -0.324 e. The van der Waals surface area contributed by atoms with Gasteiger partial charge in [0.1, 0.15) is 23.2 Å². The van der Waals surface area contributed by atoms with Gasteiger partial charge >= 0.3 is 0 Å². The molecule has 0 fully saturated rings. The Balaban J connectivity index is 2.15. The summed E-state index contributed by atoms with van der Waals surface area (Å²) in [6.07, 6.45) is 1.11.